The summed E-state index contributed by atoms with van der Waals surface area (Å²) in [6.45, 7) is 3.78. The lowest BCUT2D eigenvalue weighted by Gasteiger charge is -2.16. The standard InChI is InChI=1S/C24H40N2O6/c1-3-4-5-6-7-8-9-10-11-12-13-14-22(28)31-17-20-19(27)15-21(32-20)26-16-18(2)23(29)25-24(26)30/h16,19-21,27H,3-15,17H2,1-2H3,(H,25,29,30). The Morgan fingerprint density at radius 3 is 2.31 bits per heavy atom. The summed E-state index contributed by atoms with van der Waals surface area (Å²) in [5.74, 6) is -0.294. The molecule has 182 valence electrons. The second kappa shape index (κ2) is 14.3. The second-order valence-corrected chi connectivity index (χ2v) is 8.88. The van der Waals surface area contributed by atoms with Gasteiger partial charge in [0.15, 0.2) is 0 Å². The van der Waals surface area contributed by atoms with Crippen LogP contribution < -0.4 is 11.2 Å². The Hall–Kier alpha value is -1.93. The number of aromatic nitrogens is 2. The van der Waals surface area contributed by atoms with Crippen LogP contribution in [-0.4, -0.2) is 39.4 Å². The van der Waals surface area contributed by atoms with Crippen molar-refractivity contribution in [2.24, 2.45) is 0 Å². The number of rotatable bonds is 15. The minimum Gasteiger partial charge on any atom is -0.463 e. The zero-order chi connectivity index (χ0) is 23.3. The highest BCUT2D eigenvalue weighted by atomic mass is 16.6. The van der Waals surface area contributed by atoms with Gasteiger partial charge in [-0.15, -0.1) is 0 Å². The molecule has 0 aliphatic carbocycles. The van der Waals surface area contributed by atoms with Gasteiger partial charge < -0.3 is 14.6 Å². The topological polar surface area (TPSA) is 111 Å². The van der Waals surface area contributed by atoms with Crippen molar-refractivity contribution < 1.29 is 19.4 Å². The summed E-state index contributed by atoms with van der Waals surface area (Å²) in [5.41, 5.74) is -0.658. The predicted molar refractivity (Wildman–Crippen MR) is 123 cm³/mol. The number of aryl methyl sites for hydroxylation is 1. The van der Waals surface area contributed by atoms with Gasteiger partial charge in [-0.25, -0.2) is 4.79 Å². The van der Waals surface area contributed by atoms with Gasteiger partial charge in [0.1, 0.15) is 18.9 Å². The van der Waals surface area contributed by atoms with Crippen molar-refractivity contribution in [1.29, 1.82) is 0 Å². The third-order valence-electron chi connectivity index (χ3n) is 6.05. The van der Waals surface area contributed by atoms with Crippen molar-refractivity contribution in [1.82, 2.24) is 9.55 Å². The molecule has 1 saturated heterocycles. The van der Waals surface area contributed by atoms with Gasteiger partial charge in [0.25, 0.3) is 5.56 Å². The molecule has 32 heavy (non-hydrogen) atoms. The average molecular weight is 453 g/mol. The molecule has 0 saturated carbocycles. The van der Waals surface area contributed by atoms with Crippen LogP contribution in [0.5, 0.6) is 0 Å². The van der Waals surface area contributed by atoms with Crippen LogP contribution in [0.25, 0.3) is 0 Å². The third kappa shape index (κ3) is 8.90. The lowest BCUT2D eigenvalue weighted by molar-refractivity contribution is -0.150. The molecule has 1 fully saturated rings. The molecule has 8 nitrogen and oxygen atoms in total. The van der Waals surface area contributed by atoms with Crippen LogP contribution in [0, 0.1) is 6.92 Å². The van der Waals surface area contributed by atoms with E-state index in [1.807, 2.05) is 0 Å². The molecule has 2 rings (SSSR count). The van der Waals surface area contributed by atoms with Crippen LogP contribution in [0.3, 0.4) is 0 Å². The fourth-order valence-electron chi connectivity index (χ4n) is 4.02. The van der Waals surface area contributed by atoms with Gasteiger partial charge in [-0.3, -0.25) is 19.1 Å². The summed E-state index contributed by atoms with van der Waals surface area (Å²) in [7, 11) is 0. The first-order valence-corrected chi connectivity index (χ1v) is 12.2. The van der Waals surface area contributed by atoms with Gasteiger partial charge >= 0.3 is 11.7 Å². The number of hydrogen-bond donors (Lipinski definition) is 2. The number of aliphatic hydroxyl groups is 1. The van der Waals surface area contributed by atoms with E-state index in [0.29, 0.717) is 12.0 Å². The Kier molecular flexibility index (Phi) is 11.7. The van der Waals surface area contributed by atoms with Gasteiger partial charge in [0, 0.05) is 24.6 Å². The zero-order valence-corrected chi connectivity index (χ0v) is 19.6. The molecule has 0 bridgehead atoms. The van der Waals surface area contributed by atoms with E-state index in [9.17, 15) is 19.5 Å². The molecule has 1 aromatic rings. The van der Waals surface area contributed by atoms with Crippen LogP contribution in [0.1, 0.15) is 102 Å². The van der Waals surface area contributed by atoms with Crippen molar-refractivity contribution in [2.45, 2.75) is 116 Å². The summed E-state index contributed by atoms with van der Waals surface area (Å²) in [4.78, 5) is 37.7. The number of aromatic amines is 1. The molecular weight excluding hydrogens is 412 g/mol. The summed E-state index contributed by atoms with van der Waals surface area (Å²) >= 11 is 0. The minimum atomic E-state index is -0.853. The van der Waals surface area contributed by atoms with Crippen molar-refractivity contribution in [3.63, 3.8) is 0 Å². The van der Waals surface area contributed by atoms with Crippen molar-refractivity contribution in [2.75, 3.05) is 6.61 Å². The van der Waals surface area contributed by atoms with Crippen LogP contribution in [-0.2, 0) is 14.3 Å². The first-order valence-electron chi connectivity index (χ1n) is 12.2. The normalized spacial score (nSPS) is 20.5. The monoisotopic (exact) mass is 452 g/mol. The minimum absolute atomic E-state index is 0.0500. The number of carbonyl (C=O) groups excluding carboxylic acids is 1. The predicted octanol–water partition coefficient (Wildman–Crippen LogP) is 3.74. The van der Waals surface area contributed by atoms with Crippen LogP contribution in [0.4, 0.5) is 0 Å². The lowest BCUT2D eigenvalue weighted by atomic mass is 10.1. The maximum Gasteiger partial charge on any atom is 0.330 e. The van der Waals surface area contributed by atoms with Crippen LogP contribution in [0.15, 0.2) is 15.8 Å². The van der Waals surface area contributed by atoms with Gasteiger partial charge in [-0.2, -0.15) is 0 Å². The van der Waals surface area contributed by atoms with E-state index in [1.165, 1.54) is 62.1 Å². The molecule has 0 amide bonds. The number of nitrogens with zero attached hydrogens (tertiary/aromatic N) is 1. The molecular formula is C24H40N2O6. The fraction of sp³-hybridized carbons (Fsp3) is 0.792. The number of ether oxygens (including phenoxy) is 2. The van der Waals surface area contributed by atoms with Crippen LogP contribution in [0.2, 0.25) is 0 Å². The largest absolute Gasteiger partial charge is 0.463 e. The first kappa shape index (κ1) is 26.3. The maximum atomic E-state index is 12.0. The van der Waals surface area contributed by atoms with Gasteiger partial charge in [-0.05, 0) is 13.3 Å². The Morgan fingerprint density at radius 1 is 1.09 bits per heavy atom. The highest BCUT2D eigenvalue weighted by Gasteiger charge is 2.36. The molecule has 8 heteroatoms. The fourth-order valence-corrected chi connectivity index (χ4v) is 4.02. The number of nitrogens with one attached hydrogen (secondary N) is 1. The Balaban J connectivity index is 1.57. The van der Waals surface area contributed by atoms with Gasteiger partial charge in [0.05, 0.1) is 6.10 Å². The van der Waals surface area contributed by atoms with E-state index in [2.05, 4.69) is 11.9 Å². The molecule has 0 aromatic carbocycles. The quantitative estimate of drug-likeness (QED) is 0.310. The summed E-state index contributed by atoms with van der Waals surface area (Å²) in [6.07, 6.45) is 13.1. The molecule has 0 spiro atoms. The molecule has 1 aliphatic rings. The number of carbonyl (C=O) groups is 1. The van der Waals surface area contributed by atoms with E-state index in [4.69, 9.17) is 9.47 Å². The summed E-state index contributed by atoms with van der Waals surface area (Å²) < 4.78 is 12.2. The molecule has 1 aliphatic heterocycles. The molecule has 1 aromatic heterocycles. The van der Waals surface area contributed by atoms with Crippen molar-refractivity contribution >= 4 is 5.97 Å². The molecule has 0 radical (unpaired) electrons. The van der Waals surface area contributed by atoms with E-state index < -0.39 is 29.7 Å². The van der Waals surface area contributed by atoms with E-state index in [0.717, 1.165) is 19.3 Å². The first-order chi connectivity index (χ1) is 15.4. The van der Waals surface area contributed by atoms with Crippen molar-refractivity contribution in [3.05, 3.63) is 32.6 Å². The van der Waals surface area contributed by atoms with Crippen LogP contribution >= 0.6 is 0 Å². The average Bonchev–Trinajstić information content (AvgIpc) is 3.13. The Bertz CT molecular complexity index is 802. The smallest absolute Gasteiger partial charge is 0.330 e. The number of esters is 1. The third-order valence-corrected chi connectivity index (χ3v) is 6.05. The van der Waals surface area contributed by atoms with Gasteiger partial charge in [0.2, 0.25) is 0 Å². The van der Waals surface area contributed by atoms with Gasteiger partial charge in [-0.1, -0.05) is 71.1 Å². The SMILES string of the molecule is CCCCCCCCCCCCCC(=O)OCC1OC(n2cc(C)c(=O)[nH]c2=O)CC1O. The molecule has 3 atom stereocenters. The Morgan fingerprint density at radius 2 is 1.69 bits per heavy atom. The lowest BCUT2D eigenvalue weighted by Crippen LogP contribution is -2.33. The molecule has 3 unspecified atom stereocenters. The number of H-pyrrole nitrogens is 1. The van der Waals surface area contributed by atoms with E-state index in [-0.39, 0.29) is 19.0 Å². The summed E-state index contributed by atoms with van der Waals surface area (Å²) in [6, 6.07) is 0. The number of hydrogen-bond acceptors (Lipinski definition) is 6. The number of unbranched alkanes of at least 4 members (excludes halogenated alkanes) is 10. The highest BCUT2D eigenvalue weighted by Crippen LogP contribution is 2.28. The van der Waals surface area contributed by atoms with E-state index >= 15 is 0 Å². The highest BCUT2D eigenvalue weighted by molar-refractivity contribution is 5.69. The molecule has 2 heterocycles. The second-order valence-electron chi connectivity index (χ2n) is 8.88. The van der Waals surface area contributed by atoms with E-state index in [1.54, 1.807) is 6.92 Å². The zero-order valence-electron chi connectivity index (χ0n) is 19.6. The Labute approximate surface area is 190 Å². The molecule has 2 N–H and O–H groups in total. The summed E-state index contributed by atoms with van der Waals surface area (Å²) in [5, 5.41) is 10.2. The number of aliphatic hydroxyl groups excluding tert-OH is 1. The van der Waals surface area contributed by atoms with Crippen molar-refractivity contribution in [3.8, 4) is 0 Å². The maximum absolute atomic E-state index is 12.0.